The van der Waals surface area contributed by atoms with E-state index in [1.54, 1.807) is 0 Å². The molecule has 5 heteroatoms. The van der Waals surface area contributed by atoms with Crippen LogP contribution in [0.3, 0.4) is 0 Å². The van der Waals surface area contributed by atoms with Gasteiger partial charge in [0.05, 0.1) is 6.16 Å². The molecule has 0 aromatic rings. The van der Waals surface area contributed by atoms with E-state index in [1.807, 2.05) is 0 Å². The van der Waals surface area contributed by atoms with Crippen LogP contribution in [0.2, 0.25) is 0 Å². The first-order valence-corrected chi connectivity index (χ1v) is 4.65. The lowest BCUT2D eigenvalue weighted by Crippen LogP contribution is -1.87. The van der Waals surface area contributed by atoms with Gasteiger partial charge in [-0.1, -0.05) is 0 Å². The van der Waals surface area contributed by atoms with Crippen molar-refractivity contribution in [3.8, 4) is 0 Å². The summed E-state index contributed by atoms with van der Waals surface area (Å²) in [4.78, 5) is 16.5. The highest BCUT2D eigenvalue weighted by atomic mass is 32.1. The lowest BCUT2D eigenvalue weighted by molar-refractivity contribution is 0.372. The van der Waals surface area contributed by atoms with E-state index in [2.05, 4.69) is 12.6 Å². The second-order valence-electron chi connectivity index (χ2n) is 1.47. The Morgan fingerprint density at radius 3 is 2.12 bits per heavy atom. The summed E-state index contributed by atoms with van der Waals surface area (Å²) in [7, 11) is -3.73. The summed E-state index contributed by atoms with van der Waals surface area (Å²) in [6.07, 6.45) is 0.434. The fourth-order valence-electron chi connectivity index (χ4n) is 0.277. The second kappa shape index (κ2) is 3.51. The van der Waals surface area contributed by atoms with Crippen LogP contribution in [0.1, 0.15) is 6.42 Å². The maximum Gasteiger partial charge on any atom is 0.325 e. The number of hydrogen-bond donors (Lipinski definition) is 3. The predicted octanol–water partition coefficient (Wildman–Crippen LogP) is 0.484. The molecule has 0 aliphatic heterocycles. The van der Waals surface area contributed by atoms with E-state index in [4.69, 9.17) is 9.79 Å². The summed E-state index contributed by atoms with van der Waals surface area (Å²) in [6, 6.07) is 0. The first kappa shape index (κ1) is 8.50. The van der Waals surface area contributed by atoms with Gasteiger partial charge in [0, 0.05) is 0 Å². The first-order valence-electron chi connectivity index (χ1n) is 2.22. The summed E-state index contributed by atoms with van der Waals surface area (Å²) in [5.41, 5.74) is 0. The zero-order chi connectivity index (χ0) is 6.62. The van der Waals surface area contributed by atoms with Crippen LogP contribution in [0.4, 0.5) is 0 Å². The lowest BCUT2D eigenvalue weighted by atomic mass is 10.6. The van der Waals surface area contributed by atoms with Gasteiger partial charge in [-0.2, -0.15) is 12.6 Å². The molecular weight excluding hydrogens is 147 g/mol. The van der Waals surface area contributed by atoms with Crippen molar-refractivity contribution in [3.63, 3.8) is 0 Å². The van der Waals surface area contributed by atoms with Gasteiger partial charge in [-0.15, -0.1) is 0 Å². The topological polar surface area (TPSA) is 57.5 Å². The van der Waals surface area contributed by atoms with E-state index in [0.717, 1.165) is 0 Å². The molecule has 0 amide bonds. The van der Waals surface area contributed by atoms with E-state index in [1.165, 1.54) is 0 Å². The van der Waals surface area contributed by atoms with Crippen LogP contribution in [-0.2, 0) is 4.57 Å². The van der Waals surface area contributed by atoms with Gasteiger partial charge in [-0.05, 0) is 12.2 Å². The van der Waals surface area contributed by atoms with Crippen molar-refractivity contribution >= 4 is 20.2 Å². The maximum absolute atomic E-state index is 10.1. The molecule has 0 atom stereocenters. The Morgan fingerprint density at radius 1 is 1.50 bits per heavy atom. The van der Waals surface area contributed by atoms with Crippen LogP contribution in [0.5, 0.6) is 0 Å². The van der Waals surface area contributed by atoms with Crippen LogP contribution < -0.4 is 0 Å². The molecule has 0 aromatic heterocycles. The molecule has 0 radical (unpaired) electrons. The number of hydrogen-bond acceptors (Lipinski definition) is 2. The maximum atomic E-state index is 10.1. The smallest absolute Gasteiger partial charge is 0.324 e. The second-order valence-corrected chi connectivity index (χ2v) is 3.69. The van der Waals surface area contributed by atoms with Gasteiger partial charge in [0.25, 0.3) is 0 Å². The van der Waals surface area contributed by atoms with Gasteiger partial charge in [0.2, 0.25) is 0 Å². The van der Waals surface area contributed by atoms with Gasteiger partial charge in [0.15, 0.2) is 0 Å². The fraction of sp³-hybridized carbons (Fsp3) is 1.00. The van der Waals surface area contributed by atoms with Gasteiger partial charge in [-0.25, -0.2) is 0 Å². The molecule has 0 aromatic carbocycles. The van der Waals surface area contributed by atoms with Crippen LogP contribution in [0.25, 0.3) is 0 Å². The predicted molar refractivity (Wildman–Crippen MR) is 35.4 cm³/mol. The van der Waals surface area contributed by atoms with Crippen molar-refractivity contribution in [2.75, 3.05) is 11.9 Å². The standard InChI is InChI=1S/C3H9O3PS/c4-7(5,6)2-1-3-8/h8H,1-3H2,(H2,4,5,6). The molecule has 0 heterocycles. The molecular formula is C3H9O3PS. The lowest BCUT2D eigenvalue weighted by Gasteiger charge is -1.98. The molecule has 0 fully saturated rings. The van der Waals surface area contributed by atoms with E-state index in [0.29, 0.717) is 12.2 Å². The van der Waals surface area contributed by atoms with Gasteiger partial charge >= 0.3 is 7.60 Å². The summed E-state index contributed by atoms with van der Waals surface area (Å²) < 4.78 is 10.1. The molecule has 2 N–H and O–H groups in total. The van der Waals surface area contributed by atoms with E-state index < -0.39 is 7.60 Å². The Labute approximate surface area is 53.7 Å². The molecule has 0 aliphatic rings. The summed E-state index contributed by atoms with van der Waals surface area (Å²) in [5.74, 6) is 0.533. The van der Waals surface area contributed by atoms with Crippen molar-refractivity contribution < 1.29 is 14.4 Å². The van der Waals surface area contributed by atoms with Crippen molar-refractivity contribution in [1.29, 1.82) is 0 Å². The highest BCUT2D eigenvalue weighted by molar-refractivity contribution is 7.80. The Bertz CT molecular complexity index is 98.7. The molecule has 0 spiro atoms. The monoisotopic (exact) mass is 156 g/mol. The highest BCUT2D eigenvalue weighted by Crippen LogP contribution is 2.34. The van der Waals surface area contributed by atoms with Crippen LogP contribution in [0.15, 0.2) is 0 Å². The van der Waals surface area contributed by atoms with E-state index >= 15 is 0 Å². The first-order chi connectivity index (χ1) is 3.56. The SMILES string of the molecule is O=P(O)(O)CCCS. The Balaban J connectivity index is 3.26. The molecule has 0 saturated carbocycles. The van der Waals surface area contributed by atoms with Gasteiger partial charge < -0.3 is 9.79 Å². The van der Waals surface area contributed by atoms with Crippen molar-refractivity contribution in [3.05, 3.63) is 0 Å². The third-order valence-electron chi connectivity index (χ3n) is 0.608. The van der Waals surface area contributed by atoms with E-state index in [-0.39, 0.29) is 6.16 Å². The minimum absolute atomic E-state index is 0.0451. The molecule has 0 saturated heterocycles. The molecule has 3 nitrogen and oxygen atoms in total. The Hall–Kier alpha value is 0.500. The summed E-state index contributed by atoms with van der Waals surface area (Å²) in [5, 5.41) is 0. The molecule has 0 bridgehead atoms. The molecule has 8 heavy (non-hydrogen) atoms. The van der Waals surface area contributed by atoms with Crippen molar-refractivity contribution in [2.24, 2.45) is 0 Å². The molecule has 0 aliphatic carbocycles. The number of rotatable bonds is 3. The highest BCUT2D eigenvalue weighted by Gasteiger charge is 2.09. The van der Waals surface area contributed by atoms with Gasteiger partial charge in [-0.3, -0.25) is 4.57 Å². The Kier molecular flexibility index (Phi) is 3.73. The summed E-state index contributed by atoms with van der Waals surface area (Å²) >= 11 is 3.79. The Morgan fingerprint density at radius 2 is 2.00 bits per heavy atom. The molecule has 50 valence electrons. The normalized spacial score (nSPS) is 11.9. The van der Waals surface area contributed by atoms with E-state index in [9.17, 15) is 4.57 Å². The number of thiol groups is 1. The quantitative estimate of drug-likeness (QED) is 0.411. The minimum atomic E-state index is -3.73. The van der Waals surface area contributed by atoms with Crippen LogP contribution in [-0.4, -0.2) is 21.7 Å². The summed E-state index contributed by atoms with van der Waals surface area (Å²) in [6.45, 7) is 0. The van der Waals surface area contributed by atoms with Crippen molar-refractivity contribution in [1.82, 2.24) is 0 Å². The zero-order valence-corrected chi connectivity index (χ0v) is 6.11. The zero-order valence-electron chi connectivity index (χ0n) is 4.32. The molecule has 0 unspecified atom stereocenters. The molecule has 0 rings (SSSR count). The third-order valence-corrected chi connectivity index (χ3v) is 1.82. The van der Waals surface area contributed by atoms with Crippen LogP contribution in [0, 0.1) is 0 Å². The third kappa shape index (κ3) is 6.50. The largest absolute Gasteiger partial charge is 0.325 e. The van der Waals surface area contributed by atoms with Gasteiger partial charge in [0.1, 0.15) is 0 Å². The average Bonchev–Trinajstić information content (AvgIpc) is 1.59. The van der Waals surface area contributed by atoms with Crippen molar-refractivity contribution in [2.45, 2.75) is 6.42 Å². The minimum Gasteiger partial charge on any atom is -0.324 e. The average molecular weight is 156 g/mol. The fourth-order valence-corrected chi connectivity index (χ4v) is 1.25. The van der Waals surface area contributed by atoms with Crippen LogP contribution >= 0.6 is 20.2 Å².